The van der Waals surface area contributed by atoms with Gasteiger partial charge in [-0.15, -0.1) is 0 Å². The van der Waals surface area contributed by atoms with Gasteiger partial charge in [-0.1, -0.05) is 45.0 Å². The number of benzene rings is 1. The Labute approximate surface area is 133 Å². The fraction of sp³-hybridized carbons (Fsp3) is 0.611. The van der Waals surface area contributed by atoms with E-state index in [9.17, 15) is 9.90 Å². The van der Waals surface area contributed by atoms with Crippen molar-refractivity contribution in [2.45, 2.75) is 51.7 Å². The summed E-state index contributed by atoms with van der Waals surface area (Å²) in [7, 11) is 0. The topological polar surface area (TPSA) is 52.6 Å². The molecule has 0 unspecified atom stereocenters. The molecular weight excluding hydrogens is 276 g/mol. The van der Waals surface area contributed by atoms with Crippen LogP contribution in [0.4, 0.5) is 0 Å². The standard InChI is InChI=1S/C18H28N2O2/c1-4-19-13-18(22)10-5-11-20(17(18)21)12-15-6-8-16(9-7-15)14(2)3/h6-9,14,19,22H,4-5,10-13H2,1-3H3/t18-/m0/s1. The van der Waals surface area contributed by atoms with Crippen molar-refractivity contribution in [3.8, 4) is 0 Å². The molecule has 2 N–H and O–H groups in total. The predicted molar refractivity (Wildman–Crippen MR) is 88.7 cm³/mol. The Bertz CT molecular complexity index is 498. The smallest absolute Gasteiger partial charge is 0.256 e. The van der Waals surface area contributed by atoms with Gasteiger partial charge in [0.25, 0.3) is 5.91 Å². The molecule has 0 spiro atoms. The largest absolute Gasteiger partial charge is 0.379 e. The number of piperidine rings is 1. The number of nitrogens with zero attached hydrogens (tertiary/aromatic N) is 1. The Morgan fingerprint density at radius 2 is 2.00 bits per heavy atom. The minimum Gasteiger partial charge on any atom is -0.379 e. The van der Waals surface area contributed by atoms with Gasteiger partial charge in [-0.25, -0.2) is 0 Å². The summed E-state index contributed by atoms with van der Waals surface area (Å²) < 4.78 is 0. The van der Waals surface area contributed by atoms with Gasteiger partial charge in [0, 0.05) is 19.6 Å². The lowest BCUT2D eigenvalue weighted by Crippen LogP contribution is -2.57. The number of hydrogen-bond acceptors (Lipinski definition) is 3. The van der Waals surface area contributed by atoms with Gasteiger partial charge >= 0.3 is 0 Å². The molecule has 122 valence electrons. The lowest BCUT2D eigenvalue weighted by molar-refractivity contribution is -0.157. The fourth-order valence-corrected chi connectivity index (χ4v) is 2.94. The molecule has 1 heterocycles. The fourth-order valence-electron chi connectivity index (χ4n) is 2.94. The molecule has 1 aliphatic heterocycles. The third kappa shape index (κ3) is 3.87. The summed E-state index contributed by atoms with van der Waals surface area (Å²) in [5.74, 6) is 0.364. The maximum Gasteiger partial charge on any atom is 0.256 e. The predicted octanol–water partition coefficient (Wildman–Crippen LogP) is 2.27. The van der Waals surface area contributed by atoms with Crippen LogP contribution in [0.3, 0.4) is 0 Å². The lowest BCUT2D eigenvalue weighted by atomic mass is 9.91. The molecule has 2 rings (SSSR count). The molecule has 1 amide bonds. The highest BCUT2D eigenvalue weighted by atomic mass is 16.3. The highest BCUT2D eigenvalue weighted by molar-refractivity contribution is 5.86. The Morgan fingerprint density at radius 3 is 2.59 bits per heavy atom. The molecule has 4 heteroatoms. The second-order valence-electron chi connectivity index (χ2n) is 6.54. The van der Waals surface area contributed by atoms with E-state index in [1.54, 1.807) is 4.90 Å². The van der Waals surface area contributed by atoms with Crippen LogP contribution < -0.4 is 5.32 Å². The molecule has 1 fully saturated rings. The van der Waals surface area contributed by atoms with Gasteiger partial charge in [-0.05, 0) is 36.4 Å². The van der Waals surface area contributed by atoms with Gasteiger partial charge in [0.05, 0.1) is 0 Å². The summed E-state index contributed by atoms with van der Waals surface area (Å²) in [6.45, 7) is 8.71. The van der Waals surface area contributed by atoms with E-state index in [1.165, 1.54) is 5.56 Å². The van der Waals surface area contributed by atoms with Crippen molar-refractivity contribution in [3.05, 3.63) is 35.4 Å². The first kappa shape index (κ1) is 17.0. The highest BCUT2D eigenvalue weighted by Gasteiger charge is 2.41. The number of likely N-dealkylation sites (N-methyl/N-ethyl adjacent to an activating group) is 1. The van der Waals surface area contributed by atoms with Crippen LogP contribution in [0.5, 0.6) is 0 Å². The van der Waals surface area contributed by atoms with Crippen LogP contribution in [0, 0.1) is 0 Å². The van der Waals surface area contributed by atoms with Crippen LogP contribution >= 0.6 is 0 Å². The van der Waals surface area contributed by atoms with Crippen molar-refractivity contribution in [1.82, 2.24) is 10.2 Å². The van der Waals surface area contributed by atoms with Crippen molar-refractivity contribution < 1.29 is 9.90 Å². The van der Waals surface area contributed by atoms with Crippen LogP contribution in [0.2, 0.25) is 0 Å². The first-order valence-corrected chi connectivity index (χ1v) is 8.27. The van der Waals surface area contributed by atoms with Gasteiger partial charge in [0.1, 0.15) is 0 Å². The zero-order valence-corrected chi connectivity index (χ0v) is 13.9. The Hall–Kier alpha value is -1.39. The zero-order chi connectivity index (χ0) is 16.2. The number of carbonyl (C=O) groups excluding carboxylic acids is 1. The third-order valence-corrected chi connectivity index (χ3v) is 4.39. The number of aliphatic hydroxyl groups is 1. The van der Waals surface area contributed by atoms with Crippen LogP contribution in [-0.2, 0) is 11.3 Å². The number of amides is 1. The molecule has 1 atom stereocenters. The van der Waals surface area contributed by atoms with Crippen LogP contribution in [0.1, 0.15) is 50.7 Å². The summed E-state index contributed by atoms with van der Waals surface area (Å²) >= 11 is 0. The lowest BCUT2D eigenvalue weighted by Gasteiger charge is -2.38. The molecule has 1 saturated heterocycles. The Balaban J connectivity index is 2.04. The quantitative estimate of drug-likeness (QED) is 0.848. The van der Waals surface area contributed by atoms with Gasteiger partial charge in [0.2, 0.25) is 0 Å². The maximum atomic E-state index is 12.6. The second kappa shape index (κ2) is 7.25. The average molecular weight is 304 g/mol. The molecule has 22 heavy (non-hydrogen) atoms. The number of rotatable bonds is 6. The number of carbonyl (C=O) groups is 1. The SMILES string of the molecule is CCNC[C@@]1(O)CCCN(Cc2ccc(C(C)C)cc2)C1=O. The summed E-state index contributed by atoms with van der Waals surface area (Å²) in [4.78, 5) is 14.4. The molecule has 1 aromatic carbocycles. The van der Waals surface area contributed by atoms with Crippen LogP contribution in [0.25, 0.3) is 0 Å². The van der Waals surface area contributed by atoms with Gasteiger partial charge in [-0.3, -0.25) is 4.79 Å². The number of hydrogen-bond donors (Lipinski definition) is 2. The minimum atomic E-state index is -1.24. The van der Waals surface area contributed by atoms with E-state index in [2.05, 4.69) is 43.4 Å². The van der Waals surface area contributed by atoms with Crippen LogP contribution in [-0.4, -0.2) is 41.1 Å². The molecule has 0 aromatic heterocycles. The molecule has 0 bridgehead atoms. The summed E-state index contributed by atoms with van der Waals surface area (Å²) in [5, 5.41) is 13.7. The first-order valence-electron chi connectivity index (χ1n) is 8.27. The molecule has 0 aliphatic carbocycles. The van der Waals surface area contributed by atoms with Crippen LogP contribution in [0.15, 0.2) is 24.3 Å². The molecule has 0 saturated carbocycles. The molecule has 4 nitrogen and oxygen atoms in total. The van der Waals surface area contributed by atoms with E-state index < -0.39 is 5.60 Å². The normalized spacial score (nSPS) is 22.4. The second-order valence-corrected chi connectivity index (χ2v) is 6.54. The van der Waals surface area contributed by atoms with E-state index >= 15 is 0 Å². The van der Waals surface area contributed by atoms with E-state index in [4.69, 9.17) is 0 Å². The number of likely N-dealkylation sites (tertiary alicyclic amines) is 1. The van der Waals surface area contributed by atoms with E-state index in [1.807, 2.05) is 6.92 Å². The summed E-state index contributed by atoms with van der Waals surface area (Å²) in [6, 6.07) is 8.42. The molecule has 0 radical (unpaired) electrons. The van der Waals surface area contributed by atoms with Crippen molar-refractivity contribution in [2.75, 3.05) is 19.6 Å². The van der Waals surface area contributed by atoms with Gasteiger partial charge in [0.15, 0.2) is 5.60 Å². The van der Waals surface area contributed by atoms with Crippen molar-refractivity contribution in [1.29, 1.82) is 0 Å². The Kier molecular flexibility index (Phi) is 5.59. The Morgan fingerprint density at radius 1 is 1.32 bits per heavy atom. The number of nitrogens with one attached hydrogen (secondary N) is 1. The van der Waals surface area contributed by atoms with E-state index in [-0.39, 0.29) is 5.91 Å². The third-order valence-electron chi connectivity index (χ3n) is 4.39. The van der Waals surface area contributed by atoms with Gasteiger partial charge in [-0.2, -0.15) is 0 Å². The molecule has 1 aromatic rings. The van der Waals surface area contributed by atoms with Gasteiger partial charge < -0.3 is 15.3 Å². The van der Waals surface area contributed by atoms with E-state index in [0.29, 0.717) is 25.4 Å². The minimum absolute atomic E-state index is 0.146. The van der Waals surface area contributed by atoms with Crippen molar-refractivity contribution >= 4 is 5.91 Å². The average Bonchev–Trinajstić information content (AvgIpc) is 2.51. The highest BCUT2D eigenvalue weighted by Crippen LogP contribution is 2.24. The van der Waals surface area contributed by atoms with E-state index in [0.717, 1.165) is 25.1 Å². The van der Waals surface area contributed by atoms with Crippen molar-refractivity contribution in [3.63, 3.8) is 0 Å². The molecule has 1 aliphatic rings. The maximum absolute atomic E-state index is 12.6. The summed E-state index contributed by atoms with van der Waals surface area (Å²) in [6.07, 6.45) is 1.39. The zero-order valence-electron chi connectivity index (χ0n) is 13.9. The molecular formula is C18H28N2O2. The summed E-state index contributed by atoms with van der Waals surface area (Å²) in [5.41, 5.74) is 1.18. The first-order chi connectivity index (χ1) is 10.5. The van der Waals surface area contributed by atoms with Crippen molar-refractivity contribution in [2.24, 2.45) is 0 Å². The monoisotopic (exact) mass is 304 g/mol.